The molecule has 2 N–H and O–H groups in total. The van der Waals surface area contributed by atoms with Crippen LogP contribution in [0.1, 0.15) is 11.3 Å². The molecule has 0 spiro atoms. The molecule has 2 aromatic rings. The molecule has 0 aliphatic carbocycles. The number of hydrogen-bond donors (Lipinski definition) is 2. The van der Waals surface area contributed by atoms with Crippen molar-refractivity contribution in [1.29, 1.82) is 0 Å². The Bertz CT molecular complexity index is 593. The highest BCUT2D eigenvalue weighted by molar-refractivity contribution is 7.80. The van der Waals surface area contributed by atoms with Crippen molar-refractivity contribution < 1.29 is 8.78 Å². The van der Waals surface area contributed by atoms with Crippen molar-refractivity contribution in [3.05, 3.63) is 46.5 Å². The molecule has 0 amide bonds. The third-order valence-corrected chi connectivity index (χ3v) is 3.68. The molecular weight excluding hydrogens is 300 g/mol. The molecule has 2 rings (SSSR count). The van der Waals surface area contributed by atoms with Crippen molar-refractivity contribution in [3.8, 4) is 0 Å². The number of aryl methyl sites for hydroxylation is 1. The summed E-state index contributed by atoms with van der Waals surface area (Å²) in [7, 11) is 0. The summed E-state index contributed by atoms with van der Waals surface area (Å²) in [4.78, 5) is 4.21. The van der Waals surface area contributed by atoms with Crippen LogP contribution in [0.25, 0.3) is 0 Å². The van der Waals surface area contributed by atoms with Gasteiger partial charge in [-0.2, -0.15) is 0 Å². The Morgan fingerprint density at radius 3 is 2.65 bits per heavy atom. The van der Waals surface area contributed by atoms with Gasteiger partial charge in [-0.3, -0.25) is 0 Å². The van der Waals surface area contributed by atoms with Gasteiger partial charge in [-0.05, 0) is 37.7 Å². The maximum atomic E-state index is 13.4. The van der Waals surface area contributed by atoms with Crippen molar-refractivity contribution in [3.63, 3.8) is 0 Å². The van der Waals surface area contributed by atoms with E-state index in [9.17, 15) is 8.78 Å². The number of benzene rings is 1. The van der Waals surface area contributed by atoms with Gasteiger partial charge in [0.2, 0.25) is 0 Å². The zero-order valence-electron chi connectivity index (χ0n) is 10.7. The summed E-state index contributed by atoms with van der Waals surface area (Å²) >= 11 is 6.53. The van der Waals surface area contributed by atoms with Gasteiger partial charge < -0.3 is 10.6 Å². The Morgan fingerprint density at radius 1 is 1.35 bits per heavy atom. The lowest BCUT2D eigenvalue weighted by Crippen LogP contribution is -2.30. The fourth-order valence-electron chi connectivity index (χ4n) is 1.62. The summed E-state index contributed by atoms with van der Waals surface area (Å²) < 4.78 is 26.8. The van der Waals surface area contributed by atoms with E-state index in [-0.39, 0.29) is 12.0 Å². The Balaban J connectivity index is 1.82. The van der Waals surface area contributed by atoms with E-state index in [0.717, 1.165) is 5.69 Å². The van der Waals surface area contributed by atoms with Crippen molar-refractivity contribution in [1.82, 2.24) is 10.3 Å². The lowest BCUT2D eigenvalue weighted by molar-refractivity contribution is 0.553. The Morgan fingerprint density at radius 2 is 2.05 bits per heavy atom. The van der Waals surface area contributed by atoms with Crippen molar-refractivity contribution in [2.75, 3.05) is 11.9 Å². The maximum absolute atomic E-state index is 13.4. The standard InChI is InChI=1S/C13H13F2N3S2/c1-8-7-20-13(17-8)18-12(19)16-6-5-9-10(14)3-2-4-11(9)15/h2-4,7H,5-6H2,1H3,(H2,16,17,18,19). The average Bonchev–Trinajstić information content (AvgIpc) is 2.78. The van der Waals surface area contributed by atoms with Crippen LogP contribution in [0.5, 0.6) is 0 Å². The minimum atomic E-state index is -0.541. The maximum Gasteiger partial charge on any atom is 0.189 e. The van der Waals surface area contributed by atoms with Gasteiger partial charge in [0.05, 0.1) is 5.69 Å². The number of anilines is 1. The van der Waals surface area contributed by atoms with Gasteiger partial charge in [-0.25, -0.2) is 13.8 Å². The van der Waals surface area contributed by atoms with Crippen molar-refractivity contribution >= 4 is 33.8 Å². The first kappa shape index (κ1) is 14.8. The lowest BCUT2D eigenvalue weighted by Gasteiger charge is -2.09. The van der Waals surface area contributed by atoms with Crippen LogP contribution in [0.2, 0.25) is 0 Å². The van der Waals surface area contributed by atoms with Crippen LogP contribution in [0, 0.1) is 18.6 Å². The monoisotopic (exact) mass is 313 g/mol. The molecule has 106 valence electrons. The molecule has 0 atom stereocenters. The summed E-state index contributed by atoms with van der Waals surface area (Å²) in [6, 6.07) is 3.83. The molecule has 0 aliphatic rings. The fraction of sp³-hybridized carbons (Fsp3) is 0.231. The second-order valence-electron chi connectivity index (χ2n) is 4.13. The quantitative estimate of drug-likeness (QED) is 0.850. The molecule has 1 heterocycles. The SMILES string of the molecule is Cc1csc(NC(=S)NCCc2c(F)cccc2F)n1. The summed E-state index contributed by atoms with van der Waals surface area (Å²) in [5.74, 6) is -1.08. The highest BCUT2D eigenvalue weighted by Gasteiger charge is 2.08. The Kier molecular flexibility index (Phi) is 4.97. The predicted molar refractivity (Wildman–Crippen MR) is 81.1 cm³/mol. The summed E-state index contributed by atoms with van der Waals surface area (Å²) in [6.45, 7) is 2.23. The molecule has 0 saturated carbocycles. The van der Waals surface area contributed by atoms with E-state index in [2.05, 4.69) is 15.6 Å². The average molecular weight is 313 g/mol. The highest BCUT2D eigenvalue weighted by Crippen LogP contribution is 2.14. The van der Waals surface area contributed by atoms with E-state index in [4.69, 9.17) is 12.2 Å². The molecule has 0 saturated heterocycles. The largest absolute Gasteiger partial charge is 0.362 e. The van der Waals surface area contributed by atoms with Crippen molar-refractivity contribution in [2.45, 2.75) is 13.3 Å². The third kappa shape index (κ3) is 3.94. The first-order valence-corrected chi connectivity index (χ1v) is 7.25. The van der Waals surface area contributed by atoms with E-state index >= 15 is 0 Å². The van der Waals surface area contributed by atoms with E-state index in [0.29, 0.717) is 16.8 Å². The van der Waals surface area contributed by atoms with Gasteiger partial charge in [0.15, 0.2) is 10.2 Å². The second-order valence-corrected chi connectivity index (χ2v) is 5.39. The molecule has 7 heteroatoms. The molecule has 0 fully saturated rings. The first-order valence-electron chi connectivity index (χ1n) is 5.96. The molecule has 0 bridgehead atoms. The minimum Gasteiger partial charge on any atom is -0.362 e. The number of aromatic nitrogens is 1. The summed E-state index contributed by atoms with van der Waals surface area (Å²) in [5, 5.41) is 8.79. The van der Waals surface area contributed by atoms with E-state index in [1.165, 1.54) is 29.5 Å². The Hall–Kier alpha value is -1.60. The minimum absolute atomic E-state index is 0.0629. The predicted octanol–water partition coefficient (Wildman–Crippen LogP) is 3.26. The van der Waals surface area contributed by atoms with Crippen LogP contribution in [0.4, 0.5) is 13.9 Å². The van der Waals surface area contributed by atoms with Crippen LogP contribution in [0.15, 0.2) is 23.6 Å². The number of halogens is 2. The van der Waals surface area contributed by atoms with Crippen LogP contribution >= 0.6 is 23.6 Å². The van der Waals surface area contributed by atoms with Crippen molar-refractivity contribution in [2.24, 2.45) is 0 Å². The number of nitrogens with one attached hydrogen (secondary N) is 2. The normalized spacial score (nSPS) is 10.3. The lowest BCUT2D eigenvalue weighted by atomic mass is 10.1. The van der Waals surface area contributed by atoms with Crippen LogP contribution in [0.3, 0.4) is 0 Å². The molecule has 1 aromatic carbocycles. The number of thiazole rings is 1. The number of rotatable bonds is 4. The van der Waals surface area contributed by atoms with E-state index < -0.39 is 11.6 Å². The van der Waals surface area contributed by atoms with Crippen LogP contribution in [-0.2, 0) is 6.42 Å². The van der Waals surface area contributed by atoms with Gasteiger partial charge in [0, 0.05) is 17.5 Å². The van der Waals surface area contributed by atoms with E-state index in [1.54, 1.807) is 0 Å². The van der Waals surface area contributed by atoms with Gasteiger partial charge in [-0.15, -0.1) is 11.3 Å². The molecular formula is C13H13F2N3S2. The molecule has 3 nitrogen and oxygen atoms in total. The van der Waals surface area contributed by atoms with Crippen LogP contribution in [-0.4, -0.2) is 16.6 Å². The summed E-state index contributed by atoms with van der Waals surface area (Å²) in [6.07, 6.45) is 0.219. The number of hydrogen-bond acceptors (Lipinski definition) is 3. The molecule has 0 radical (unpaired) electrons. The zero-order valence-corrected chi connectivity index (χ0v) is 12.4. The van der Waals surface area contributed by atoms with Crippen LogP contribution < -0.4 is 10.6 Å². The van der Waals surface area contributed by atoms with E-state index in [1.807, 2.05) is 12.3 Å². The molecule has 1 aromatic heterocycles. The van der Waals surface area contributed by atoms with Gasteiger partial charge >= 0.3 is 0 Å². The third-order valence-electron chi connectivity index (χ3n) is 2.56. The summed E-state index contributed by atoms with van der Waals surface area (Å²) in [5.41, 5.74) is 0.974. The zero-order chi connectivity index (χ0) is 14.5. The van der Waals surface area contributed by atoms with Gasteiger partial charge in [-0.1, -0.05) is 6.07 Å². The Labute approximate surface area is 125 Å². The molecule has 20 heavy (non-hydrogen) atoms. The molecule has 0 aliphatic heterocycles. The fourth-order valence-corrected chi connectivity index (χ4v) is 2.58. The highest BCUT2D eigenvalue weighted by atomic mass is 32.1. The topological polar surface area (TPSA) is 37.0 Å². The number of thiocarbonyl (C=S) groups is 1. The van der Waals surface area contributed by atoms with Gasteiger partial charge in [0.25, 0.3) is 0 Å². The van der Waals surface area contributed by atoms with Gasteiger partial charge in [0.1, 0.15) is 11.6 Å². The second kappa shape index (κ2) is 6.71. The number of nitrogens with zero attached hydrogens (tertiary/aromatic N) is 1. The molecule has 0 unspecified atom stereocenters. The smallest absolute Gasteiger partial charge is 0.189 e. The first-order chi connectivity index (χ1) is 9.56.